The SMILES string of the molecule is CC(C)(C)OC(=O)N[C@H](Cc1ccc(OCc2ccccc2)cc1)C(=O)ON1C(=O)CCC1=O. The van der Waals surface area contributed by atoms with Gasteiger partial charge in [0.2, 0.25) is 0 Å². The van der Waals surface area contributed by atoms with Gasteiger partial charge in [0.05, 0.1) is 0 Å². The normalized spacial score (nSPS) is 14.5. The van der Waals surface area contributed by atoms with Crippen molar-refractivity contribution in [2.45, 2.75) is 58.3 Å². The lowest BCUT2D eigenvalue weighted by molar-refractivity contribution is -0.198. The summed E-state index contributed by atoms with van der Waals surface area (Å²) in [5.41, 5.74) is 0.947. The zero-order valence-electron chi connectivity index (χ0n) is 19.4. The maximum atomic E-state index is 12.8. The fraction of sp³-hybridized carbons (Fsp3) is 0.360. The third-order valence-electron chi connectivity index (χ3n) is 4.77. The third-order valence-corrected chi connectivity index (χ3v) is 4.77. The second kappa shape index (κ2) is 10.8. The first-order valence-electron chi connectivity index (χ1n) is 10.9. The number of alkyl carbamates (subject to hydrolysis) is 1. The first-order chi connectivity index (χ1) is 16.1. The number of imide groups is 1. The summed E-state index contributed by atoms with van der Waals surface area (Å²) in [5, 5.41) is 2.92. The van der Waals surface area contributed by atoms with Crippen molar-refractivity contribution < 1.29 is 33.5 Å². The molecule has 2 aromatic carbocycles. The molecule has 1 N–H and O–H groups in total. The fourth-order valence-corrected chi connectivity index (χ4v) is 3.15. The largest absolute Gasteiger partial charge is 0.489 e. The number of hydrogen-bond donors (Lipinski definition) is 1. The Kier molecular flexibility index (Phi) is 7.88. The number of nitrogens with zero attached hydrogens (tertiary/aromatic N) is 1. The summed E-state index contributed by atoms with van der Waals surface area (Å²) in [6.45, 7) is 5.48. The number of hydrogen-bond acceptors (Lipinski definition) is 7. The Morgan fingerprint density at radius 1 is 0.941 bits per heavy atom. The van der Waals surface area contributed by atoms with E-state index in [1.165, 1.54) is 0 Å². The molecular formula is C25H28N2O7. The quantitative estimate of drug-likeness (QED) is 0.592. The van der Waals surface area contributed by atoms with Crippen molar-refractivity contribution in [1.29, 1.82) is 0 Å². The minimum atomic E-state index is -1.19. The van der Waals surface area contributed by atoms with Crippen LogP contribution >= 0.6 is 0 Å². The number of rotatable bonds is 8. The minimum absolute atomic E-state index is 0.0271. The molecule has 9 heteroatoms. The van der Waals surface area contributed by atoms with Crippen molar-refractivity contribution in [1.82, 2.24) is 10.4 Å². The summed E-state index contributed by atoms with van der Waals surface area (Å²) in [5.74, 6) is -1.51. The van der Waals surface area contributed by atoms with Crippen LogP contribution in [0.25, 0.3) is 0 Å². The highest BCUT2D eigenvalue weighted by Crippen LogP contribution is 2.18. The molecule has 3 rings (SSSR count). The third kappa shape index (κ3) is 7.33. The molecule has 0 aliphatic carbocycles. The maximum absolute atomic E-state index is 12.8. The van der Waals surface area contributed by atoms with Crippen LogP contribution in [-0.2, 0) is 37.0 Å². The average Bonchev–Trinajstić information content (AvgIpc) is 3.09. The van der Waals surface area contributed by atoms with E-state index in [1.54, 1.807) is 45.0 Å². The van der Waals surface area contributed by atoms with Crippen LogP contribution in [0.2, 0.25) is 0 Å². The van der Waals surface area contributed by atoms with Crippen LogP contribution in [0, 0.1) is 0 Å². The molecule has 1 heterocycles. The molecule has 0 bridgehead atoms. The van der Waals surface area contributed by atoms with Gasteiger partial charge in [-0.3, -0.25) is 9.59 Å². The topological polar surface area (TPSA) is 111 Å². The number of benzene rings is 2. The van der Waals surface area contributed by atoms with Crippen LogP contribution < -0.4 is 10.1 Å². The molecule has 9 nitrogen and oxygen atoms in total. The Labute approximate surface area is 197 Å². The molecule has 1 aliphatic heterocycles. The lowest BCUT2D eigenvalue weighted by Crippen LogP contribution is -2.48. The monoisotopic (exact) mass is 468 g/mol. The Morgan fingerprint density at radius 2 is 1.56 bits per heavy atom. The number of carbonyl (C=O) groups is 4. The van der Waals surface area contributed by atoms with E-state index in [4.69, 9.17) is 14.3 Å². The molecule has 0 saturated carbocycles. The van der Waals surface area contributed by atoms with Gasteiger partial charge in [-0.25, -0.2) is 9.59 Å². The molecule has 0 aromatic heterocycles. The molecule has 0 unspecified atom stereocenters. The Hall–Kier alpha value is -3.88. The first kappa shape index (κ1) is 24.8. The van der Waals surface area contributed by atoms with Gasteiger partial charge >= 0.3 is 12.1 Å². The molecule has 0 radical (unpaired) electrons. The molecule has 1 saturated heterocycles. The van der Waals surface area contributed by atoms with Crippen LogP contribution in [0.3, 0.4) is 0 Å². The number of nitrogens with one attached hydrogen (secondary N) is 1. The molecular weight excluding hydrogens is 440 g/mol. The van der Waals surface area contributed by atoms with Crippen LogP contribution in [0.4, 0.5) is 4.79 Å². The number of carbonyl (C=O) groups excluding carboxylic acids is 4. The van der Waals surface area contributed by atoms with Crippen LogP contribution in [-0.4, -0.2) is 40.6 Å². The predicted molar refractivity (Wildman–Crippen MR) is 121 cm³/mol. The van der Waals surface area contributed by atoms with Crippen LogP contribution in [0.15, 0.2) is 54.6 Å². The van der Waals surface area contributed by atoms with Gasteiger partial charge in [-0.2, -0.15) is 0 Å². The summed E-state index contributed by atoms with van der Waals surface area (Å²) in [6, 6.07) is 15.5. The van der Waals surface area contributed by atoms with Gasteiger partial charge in [-0.05, 0) is 44.0 Å². The van der Waals surface area contributed by atoms with Crippen molar-refractivity contribution >= 4 is 23.9 Å². The van der Waals surface area contributed by atoms with Gasteiger partial charge in [-0.15, -0.1) is 5.06 Å². The fourth-order valence-electron chi connectivity index (χ4n) is 3.15. The molecule has 2 aromatic rings. The highest BCUT2D eigenvalue weighted by atomic mass is 16.7. The standard InChI is InChI=1S/C25H28N2O7/c1-25(2,3)33-24(31)26-20(23(30)34-27-21(28)13-14-22(27)29)15-17-9-11-19(12-10-17)32-16-18-7-5-4-6-8-18/h4-12,20H,13-16H2,1-3H3,(H,26,31)/t20-/m1/s1. The van der Waals surface area contributed by atoms with Crippen molar-refractivity contribution in [3.05, 3.63) is 65.7 Å². The first-order valence-corrected chi connectivity index (χ1v) is 10.9. The van der Waals surface area contributed by atoms with Gasteiger partial charge in [0.15, 0.2) is 0 Å². The summed E-state index contributed by atoms with van der Waals surface area (Å²) < 4.78 is 11.0. The van der Waals surface area contributed by atoms with E-state index in [0.717, 1.165) is 5.56 Å². The molecule has 34 heavy (non-hydrogen) atoms. The highest BCUT2D eigenvalue weighted by Gasteiger charge is 2.36. The van der Waals surface area contributed by atoms with Gasteiger partial charge in [0.1, 0.15) is 24.0 Å². The second-order valence-corrected chi connectivity index (χ2v) is 8.81. The predicted octanol–water partition coefficient (Wildman–Crippen LogP) is 3.31. The minimum Gasteiger partial charge on any atom is -0.489 e. The number of amides is 3. The Bertz CT molecular complexity index is 1010. The lowest BCUT2D eigenvalue weighted by Gasteiger charge is -2.24. The number of ether oxygens (including phenoxy) is 2. The van der Waals surface area contributed by atoms with E-state index in [2.05, 4.69) is 5.32 Å². The summed E-state index contributed by atoms with van der Waals surface area (Å²) in [7, 11) is 0. The van der Waals surface area contributed by atoms with Crippen molar-refractivity contribution in [2.75, 3.05) is 0 Å². The summed E-state index contributed by atoms with van der Waals surface area (Å²) in [4.78, 5) is 53.7. The zero-order valence-corrected chi connectivity index (χ0v) is 19.4. The van der Waals surface area contributed by atoms with Crippen LogP contribution in [0.1, 0.15) is 44.7 Å². The van der Waals surface area contributed by atoms with Gasteiger partial charge in [0.25, 0.3) is 11.8 Å². The van der Waals surface area contributed by atoms with Crippen LogP contribution in [0.5, 0.6) is 5.75 Å². The van der Waals surface area contributed by atoms with E-state index < -0.39 is 35.5 Å². The second-order valence-electron chi connectivity index (χ2n) is 8.81. The van der Waals surface area contributed by atoms with Crippen molar-refractivity contribution in [2.24, 2.45) is 0 Å². The maximum Gasteiger partial charge on any atom is 0.408 e. The molecule has 1 atom stereocenters. The van der Waals surface area contributed by atoms with Gasteiger partial charge < -0.3 is 19.6 Å². The van der Waals surface area contributed by atoms with Crippen molar-refractivity contribution in [3.8, 4) is 5.75 Å². The van der Waals surface area contributed by atoms with Crippen molar-refractivity contribution in [3.63, 3.8) is 0 Å². The highest BCUT2D eigenvalue weighted by molar-refractivity contribution is 6.01. The molecule has 3 amide bonds. The lowest BCUT2D eigenvalue weighted by atomic mass is 10.1. The van der Waals surface area contributed by atoms with E-state index in [1.807, 2.05) is 30.3 Å². The summed E-state index contributed by atoms with van der Waals surface area (Å²) in [6.07, 6.45) is -0.828. The molecule has 180 valence electrons. The number of hydroxylamine groups is 2. The molecule has 0 spiro atoms. The molecule has 1 aliphatic rings. The molecule has 1 fully saturated rings. The van der Waals surface area contributed by atoms with Gasteiger partial charge in [-0.1, -0.05) is 42.5 Å². The smallest absolute Gasteiger partial charge is 0.408 e. The Morgan fingerprint density at radius 3 is 2.15 bits per heavy atom. The average molecular weight is 469 g/mol. The zero-order chi connectivity index (χ0) is 24.7. The van der Waals surface area contributed by atoms with Gasteiger partial charge in [0, 0.05) is 19.3 Å². The van der Waals surface area contributed by atoms with E-state index in [9.17, 15) is 19.2 Å². The van der Waals surface area contributed by atoms with E-state index in [-0.39, 0.29) is 19.3 Å². The Balaban J connectivity index is 1.67. The summed E-state index contributed by atoms with van der Waals surface area (Å²) >= 11 is 0. The van der Waals surface area contributed by atoms with E-state index in [0.29, 0.717) is 23.0 Å². The van der Waals surface area contributed by atoms with E-state index >= 15 is 0 Å².